The van der Waals surface area contributed by atoms with Gasteiger partial charge in [0.05, 0.1) is 34.9 Å². The maximum Gasteiger partial charge on any atom is 0.200 e. The number of nitrogens with zero attached hydrogens (tertiary/aromatic N) is 2. The van der Waals surface area contributed by atoms with Crippen LogP contribution in [-0.4, -0.2) is 9.55 Å². The van der Waals surface area contributed by atoms with Gasteiger partial charge in [-0.1, -0.05) is 58.4 Å². The van der Waals surface area contributed by atoms with Gasteiger partial charge in [-0.05, 0) is 35.9 Å². The van der Waals surface area contributed by atoms with E-state index in [-0.39, 0.29) is 5.43 Å². The molecule has 2 heterocycles. The molecule has 0 saturated carbocycles. The molecule has 0 radical (unpaired) electrons. The van der Waals surface area contributed by atoms with E-state index in [1.165, 1.54) is 0 Å². The number of aromatic nitrogens is 2. The van der Waals surface area contributed by atoms with Gasteiger partial charge in [0.15, 0.2) is 0 Å². The molecule has 5 heteroatoms. The van der Waals surface area contributed by atoms with Crippen LogP contribution in [0.2, 0.25) is 0 Å². The van der Waals surface area contributed by atoms with Crippen molar-refractivity contribution >= 4 is 37.9 Å². The minimum absolute atomic E-state index is 0.0341. The molecule has 0 N–H and O–H groups in total. The smallest absolute Gasteiger partial charge is 0.200 e. The molecule has 0 saturated heterocycles. The molecule has 2 aromatic heterocycles. The summed E-state index contributed by atoms with van der Waals surface area (Å²) in [6, 6.07) is 23.1. The van der Waals surface area contributed by atoms with Crippen LogP contribution in [0.1, 0.15) is 5.76 Å². The summed E-state index contributed by atoms with van der Waals surface area (Å²) in [7, 11) is 0. The van der Waals surface area contributed by atoms with Gasteiger partial charge in [0.2, 0.25) is 5.43 Å². The number of fused-ring (bicyclic) bond motifs is 2. The highest BCUT2D eigenvalue weighted by Crippen LogP contribution is 2.27. The van der Waals surface area contributed by atoms with Crippen molar-refractivity contribution in [2.45, 2.75) is 6.54 Å². The van der Waals surface area contributed by atoms with E-state index in [0.717, 1.165) is 21.1 Å². The van der Waals surface area contributed by atoms with E-state index in [4.69, 9.17) is 4.42 Å². The molecule has 136 valence electrons. The molecule has 0 aliphatic rings. The van der Waals surface area contributed by atoms with E-state index >= 15 is 0 Å². The van der Waals surface area contributed by atoms with Crippen molar-refractivity contribution in [2.75, 3.05) is 0 Å². The van der Waals surface area contributed by atoms with Crippen LogP contribution in [0.3, 0.4) is 0 Å². The fourth-order valence-corrected chi connectivity index (χ4v) is 3.87. The van der Waals surface area contributed by atoms with Crippen LogP contribution in [0, 0.1) is 0 Å². The first kappa shape index (κ1) is 17.0. The second-order valence-electron chi connectivity index (χ2n) is 6.60. The lowest BCUT2D eigenvalue weighted by molar-refractivity contribution is 0.522. The first-order valence-electron chi connectivity index (χ1n) is 8.91. The molecule has 0 aliphatic carbocycles. The van der Waals surface area contributed by atoms with Crippen molar-refractivity contribution in [3.8, 4) is 11.1 Å². The zero-order valence-corrected chi connectivity index (χ0v) is 16.4. The number of halogens is 1. The van der Waals surface area contributed by atoms with Crippen LogP contribution >= 0.6 is 15.9 Å². The molecular formula is C23H15BrN2O2. The van der Waals surface area contributed by atoms with Gasteiger partial charge in [-0.2, -0.15) is 0 Å². The van der Waals surface area contributed by atoms with Gasteiger partial charge >= 0.3 is 0 Å². The molecule has 0 spiro atoms. The predicted molar refractivity (Wildman–Crippen MR) is 114 cm³/mol. The molecule has 5 aromatic rings. The summed E-state index contributed by atoms with van der Waals surface area (Å²) in [6.45, 7) is 0.423. The Labute approximate surface area is 169 Å². The third-order valence-electron chi connectivity index (χ3n) is 4.83. The molecule has 5 rings (SSSR count). The van der Waals surface area contributed by atoms with Crippen molar-refractivity contribution in [3.05, 3.63) is 99.6 Å². The Kier molecular flexibility index (Phi) is 4.10. The second-order valence-corrected chi connectivity index (χ2v) is 7.51. The summed E-state index contributed by atoms with van der Waals surface area (Å²) < 4.78 is 9.09. The Morgan fingerprint density at radius 3 is 2.61 bits per heavy atom. The van der Waals surface area contributed by atoms with E-state index in [1.54, 1.807) is 6.33 Å². The molecule has 0 amide bonds. The quantitative estimate of drug-likeness (QED) is 0.373. The van der Waals surface area contributed by atoms with Crippen molar-refractivity contribution < 1.29 is 4.42 Å². The van der Waals surface area contributed by atoms with Gasteiger partial charge < -0.3 is 8.98 Å². The Balaban J connectivity index is 1.77. The summed E-state index contributed by atoms with van der Waals surface area (Å²) >= 11 is 3.45. The van der Waals surface area contributed by atoms with Crippen LogP contribution < -0.4 is 5.43 Å². The van der Waals surface area contributed by atoms with Gasteiger partial charge in [0.1, 0.15) is 11.3 Å². The minimum atomic E-state index is -0.0341. The largest absolute Gasteiger partial charge is 0.458 e. The SMILES string of the molecule is O=c1c(-c2ccccc2)c(Cn2cnc3ccccc32)oc2ccc(Br)cc12. The van der Waals surface area contributed by atoms with Gasteiger partial charge in [0, 0.05) is 4.47 Å². The van der Waals surface area contributed by atoms with Crippen LogP contribution in [0.5, 0.6) is 0 Å². The molecule has 3 aromatic carbocycles. The molecule has 0 atom stereocenters. The number of rotatable bonds is 3. The number of benzene rings is 3. The molecular weight excluding hydrogens is 416 g/mol. The normalized spacial score (nSPS) is 11.3. The van der Waals surface area contributed by atoms with E-state index in [0.29, 0.717) is 28.8 Å². The summed E-state index contributed by atoms with van der Waals surface area (Å²) in [5.41, 5.74) is 3.89. The number of hydrogen-bond acceptors (Lipinski definition) is 3. The Hall–Kier alpha value is -3.18. The molecule has 4 nitrogen and oxygen atoms in total. The zero-order valence-electron chi connectivity index (χ0n) is 14.8. The van der Waals surface area contributed by atoms with E-state index in [9.17, 15) is 4.79 Å². The fraction of sp³-hybridized carbons (Fsp3) is 0.0435. The number of para-hydroxylation sites is 2. The van der Waals surface area contributed by atoms with Gasteiger partial charge in [0.25, 0.3) is 0 Å². The molecule has 0 aliphatic heterocycles. The third-order valence-corrected chi connectivity index (χ3v) is 5.32. The van der Waals surface area contributed by atoms with Crippen LogP contribution in [0.15, 0.2) is 92.8 Å². The van der Waals surface area contributed by atoms with Crippen LogP contribution in [0.25, 0.3) is 33.1 Å². The highest BCUT2D eigenvalue weighted by atomic mass is 79.9. The highest BCUT2D eigenvalue weighted by Gasteiger charge is 2.17. The zero-order chi connectivity index (χ0) is 19.1. The van der Waals surface area contributed by atoms with Gasteiger partial charge in [-0.15, -0.1) is 0 Å². The van der Waals surface area contributed by atoms with E-state index in [2.05, 4.69) is 20.9 Å². The average Bonchev–Trinajstić information content (AvgIpc) is 3.12. The van der Waals surface area contributed by atoms with Crippen LogP contribution in [-0.2, 0) is 6.54 Å². The van der Waals surface area contributed by atoms with Crippen molar-refractivity contribution in [1.29, 1.82) is 0 Å². The molecule has 0 unspecified atom stereocenters. The fourth-order valence-electron chi connectivity index (χ4n) is 3.51. The Morgan fingerprint density at radius 2 is 1.75 bits per heavy atom. The predicted octanol–water partition coefficient (Wildman–Crippen LogP) is 5.62. The first-order valence-corrected chi connectivity index (χ1v) is 9.70. The minimum Gasteiger partial charge on any atom is -0.458 e. The Bertz CT molecular complexity index is 1370. The molecule has 28 heavy (non-hydrogen) atoms. The lowest BCUT2D eigenvalue weighted by atomic mass is 10.0. The highest BCUT2D eigenvalue weighted by molar-refractivity contribution is 9.10. The summed E-state index contributed by atoms with van der Waals surface area (Å²) in [5.74, 6) is 0.620. The van der Waals surface area contributed by atoms with Gasteiger partial charge in [-0.25, -0.2) is 4.98 Å². The lowest BCUT2D eigenvalue weighted by Gasteiger charge is -2.12. The second kappa shape index (κ2) is 6.77. The van der Waals surface area contributed by atoms with Crippen molar-refractivity contribution in [2.24, 2.45) is 0 Å². The summed E-state index contributed by atoms with van der Waals surface area (Å²) in [5, 5.41) is 0.562. The molecule has 0 bridgehead atoms. The monoisotopic (exact) mass is 430 g/mol. The number of imidazole rings is 1. The lowest BCUT2D eigenvalue weighted by Crippen LogP contribution is -2.11. The maximum absolute atomic E-state index is 13.4. The Morgan fingerprint density at radius 1 is 0.964 bits per heavy atom. The van der Waals surface area contributed by atoms with Crippen molar-refractivity contribution in [1.82, 2.24) is 9.55 Å². The maximum atomic E-state index is 13.4. The topological polar surface area (TPSA) is 48.0 Å². The number of hydrogen-bond donors (Lipinski definition) is 0. The first-order chi connectivity index (χ1) is 13.7. The van der Waals surface area contributed by atoms with Crippen molar-refractivity contribution in [3.63, 3.8) is 0 Å². The summed E-state index contributed by atoms with van der Waals surface area (Å²) in [6.07, 6.45) is 1.78. The van der Waals surface area contributed by atoms with Gasteiger partial charge in [-0.3, -0.25) is 4.79 Å². The van der Waals surface area contributed by atoms with E-state index in [1.807, 2.05) is 77.4 Å². The molecule has 0 fully saturated rings. The van der Waals surface area contributed by atoms with Crippen LogP contribution in [0.4, 0.5) is 0 Å². The standard InChI is InChI=1S/C23H15BrN2O2/c24-16-10-11-20-17(12-16)23(27)22(15-6-2-1-3-7-15)21(28-20)13-26-14-25-18-8-4-5-9-19(18)26/h1-12,14H,13H2. The summed E-state index contributed by atoms with van der Waals surface area (Å²) in [4.78, 5) is 17.8. The third kappa shape index (κ3) is 2.84. The average molecular weight is 431 g/mol. The van der Waals surface area contributed by atoms with E-state index < -0.39 is 0 Å².